The van der Waals surface area contributed by atoms with Gasteiger partial charge in [-0.1, -0.05) is 0 Å². The van der Waals surface area contributed by atoms with Gasteiger partial charge >= 0.3 is 0 Å². The zero-order valence-corrected chi connectivity index (χ0v) is 11.1. The molecule has 0 unspecified atom stereocenters. The van der Waals surface area contributed by atoms with Gasteiger partial charge < -0.3 is 4.74 Å². The molecular formula is C15H12N2O3. The molecule has 0 aromatic heterocycles. The summed E-state index contributed by atoms with van der Waals surface area (Å²) < 4.78 is 5.35. The Labute approximate surface area is 115 Å². The molecule has 1 aliphatic rings. The number of benzene rings is 2. The van der Waals surface area contributed by atoms with Gasteiger partial charge in [0.05, 0.1) is 18.5 Å². The van der Waals surface area contributed by atoms with Gasteiger partial charge in [0.1, 0.15) is 5.75 Å². The smallest absolute Gasteiger partial charge is 0.234 e. The van der Waals surface area contributed by atoms with Crippen molar-refractivity contribution in [2.45, 2.75) is 6.92 Å². The van der Waals surface area contributed by atoms with E-state index in [2.05, 4.69) is 5.10 Å². The summed E-state index contributed by atoms with van der Waals surface area (Å²) in [6, 6.07) is 7.09. The molecule has 0 saturated heterocycles. The maximum Gasteiger partial charge on any atom is 0.234 e. The van der Waals surface area contributed by atoms with Crippen molar-refractivity contribution in [3.63, 3.8) is 0 Å². The maximum absolute atomic E-state index is 11.3. The fraction of sp³-hybridized carbons (Fsp3) is 0.133. The van der Waals surface area contributed by atoms with Crippen LogP contribution in [0.5, 0.6) is 5.75 Å². The highest BCUT2D eigenvalue weighted by molar-refractivity contribution is 6.21. The lowest BCUT2D eigenvalue weighted by Crippen LogP contribution is -2.21. The van der Waals surface area contributed by atoms with E-state index >= 15 is 0 Å². The number of hydrazone groups is 1. The Morgan fingerprint density at radius 3 is 2.60 bits per heavy atom. The van der Waals surface area contributed by atoms with E-state index < -0.39 is 0 Å². The van der Waals surface area contributed by atoms with Crippen molar-refractivity contribution in [2.75, 3.05) is 12.1 Å². The van der Waals surface area contributed by atoms with Crippen LogP contribution in [0.1, 0.15) is 22.8 Å². The predicted octanol–water partition coefficient (Wildman–Crippen LogP) is 2.36. The molecule has 2 aromatic rings. The molecule has 20 heavy (non-hydrogen) atoms. The average molecular weight is 268 g/mol. The number of carbonyl (C=O) groups is 2. The standard InChI is InChI=1S/C15H12N2O3/c1-9-11-4-6-13(20-2)14-10(7-18)3-5-12(15(11)14)17(8-19)16-9/h3-8H,1-2H3. The third-order valence-electron chi connectivity index (χ3n) is 3.47. The van der Waals surface area contributed by atoms with E-state index in [1.807, 2.05) is 19.1 Å². The maximum atomic E-state index is 11.3. The van der Waals surface area contributed by atoms with E-state index in [0.717, 1.165) is 22.9 Å². The molecule has 1 amide bonds. The lowest BCUT2D eigenvalue weighted by atomic mass is 9.94. The van der Waals surface area contributed by atoms with Crippen LogP contribution in [0.3, 0.4) is 0 Å². The van der Waals surface area contributed by atoms with Crippen LogP contribution < -0.4 is 9.75 Å². The van der Waals surface area contributed by atoms with Crippen LogP contribution in [0.4, 0.5) is 5.69 Å². The quantitative estimate of drug-likeness (QED) is 0.803. The van der Waals surface area contributed by atoms with Gasteiger partial charge in [-0.2, -0.15) is 5.10 Å². The first-order chi connectivity index (χ1) is 9.71. The summed E-state index contributed by atoms with van der Waals surface area (Å²) in [6.45, 7) is 1.83. The zero-order valence-electron chi connectivity index (χ0n) is 11.1. The molecule has 0 spiro atoms. The third kappa shape index (κ3) is 1.53. The molecule has 0 bridgehead atoms. The first-order valence-corrected chi connectivity index (χ1v) is 6.10. The van der Waals surface area contributed by atoms with Gasteiger partial charge in [-0.3, -0.25) is 9.59 Å². The second-order valence-electron chi connectivity index (χ2n) is 4.49. The van der Waals surface area contributed by atoms with Gasteiger partial charge in [0.25, 0.3) is 0 Å². The molecule has 0 N–H and O–H groups in total. The molecule has 0 saturated carbocycles. The van der Waals surface area contributed by atoms with Crippen LogP contribution in [0, 0.1) is 0 Å². The number of ether oxygens (including phenoxy) is 1. The third-order valence-corrected chi connectivity index (χ3v) is 3.47. The molecule has 1 heterocycles. The Morgan fingerprint density at radius 2 is 1.95 bits per heavy atom. The van der Waals surface area contributed by atoms with Crippen molar-refractivity contribution in [1.29, 1.82) is 0 Å². The van der Waals surface area contributed by atoms with E-state index in [-0.39, 0.29) is 0 Å². The summed E-state index contributed by atoms with van der Waals surface area (Å²) in [7, 11) is 1.56. The highest BCUT2D eigenvalue weighted by atomic mass is 16.5. The van der Waals surface area contributed by atoms with Crippen molar-refractivity contribution in [3.05, 3.63) is 35.4 Å². The van der Waals surface area contributed by atoms with Crippen LogP contribution in [0.25, 0.3) is 10.8 Å². The highest BCUT2D eigenvalue weighted by Crippen LogP contribution is 2.39. The molecule has 2 aromatic carbocycles. The van der Waals surface area contributed by atoms with E-state index in [4.69, 9.17) is 4.74 Å². The predicted molar refractivity (Wildman–Crippen MR) is 76.6 cm³/mol. The van der Waals surface area contributed by atoms with Crippen LogP contribution in [-0.2, 0) is 4.79 Å². The fourth-order valence-electron chi connectivity index (χ4n) is 2.58. The van der Waals surface area contributed by atoms with Crippen LogP contribution in [0.2, 0.25) is 0 Å². The van der Waals surface area contributed by atoms with Gasteiger partial charge in [0.15, 0.2) is 6.29 Å². The zero-order chi connectivity index (χ0) is 14.3. The van der Waals surface area contributed by atoms with Gasteiger partial charge in [-0.25, -0.2) is 5.01 Å². The van der Waals surface area contributed by atoms with Gasteiger partial charge in [-0.15, -0.1) is 0 Å². The number of hydrogen-bond acceptors (Lipinski definition) is 4. The number of anilines is 1. The largest absolute Gasteiger partial charge is 0.496 e. The van der Waals surface area contributed by atoms with Crippen molar-refractivity contribution >= 4 is 34.9 Å². The number of methoxy groups -OCH3 is 1. The molecular weight excluding hydrogens is 256 g/mol. The fourth-order valence-corrected chi connectivity index (χ4v) is 2.58. The first-order valence-electron chi connectivity index (χ1n) is 6.10. The minimum absolute atomic E-state index is 0.531. The van der Waals surface area contributed by atoms with Crippen molar-refractivity contribution < 1.29 is 14.3 Å². The summed E-state index contributed by atoms with van der Waals surface area (Å²) in [5.74, 6) is 0.605. The molecule has 5 heteroatoms. The highest BCUT2D eigenvalue weighted by Gasteiger charge is 2.22. The van der Waals surface area contributed by atoms with Gasteiger partial charge in [-0.05, 0) is 31.2 Å². The molecule has 0 atom stereocenters. The second kappa shape index (κ2) is 4.45. The summed E-state index contributed by atoms with van der Waals surface area (Å²) in [5.41, 5.74) is 2.81. The summed E-state index contributed by atoms with van der Waals surface area (Å²) in [5, 5.41) is 7.03. The van der Waals surface area contributed by atoms with Gasteiger partial charge in [0.2, 0.25) is 6.41 Å². The minimum atomic E-state index is 0.531. The molecule has 5 nitrogen and oxygen atoms in total. The molecule has 3 rings (SSSR count). The number of nitrogens with zero attached hydrogens (tertiary/aromatic N) is 2. The van der Waals surface area contributed by atoms with Crippen LogP contribution in [0.15, 0.2) is 29.4 Å². The Balaban J connectivity index is 2.52. The van der Waals surface area contributed by atoms with E-state index in [0.29, 0.717) is 28.8 Å². The molecule has 0 radical (unpaired) electrons. The Hall–Kier alpha value is -2.69. The van der Waals surface area contributed by atoms with Crippen molar-refractivity contribution in [3.8, 4) is 5.75 Å². The number of amides is 1. The van der Waals surface area contributed by atoms with Crippen LogP contribution >= 0.6 is 0 Å². The topological polar surface area (TPSA) is 59.0 Å². The van der Waals surface area contributed by atoms with E-state index in [9.17, 15) is 9.59 Å². The number of rotatable bonds is 3. The molecule has 0 aliphatic carbocycles. The van der Waals surface area contributed by atoms with Crippen LogP contribution in [-0.4, -0.2) is 25.5 Å². The molecule has 0 fully saturated rings. The summed E-state index contributed by atoms with van der Waals surface area (Å²) in [4.78, 5) is 22.5. The van der Waals surface area contributed by atoms with Crippen molar-refractivity contribution in [1.82, 2.24) is 0 Å². The van der Waals surface area contributed by atoms with E-state index in [1.165, 1.54) is 5.01 Å². The summed E-state index contributed by atoms with van der Waals surface area (Å²) in [6.07, 6.45) is 1.44. The summed E-state index contributed by atoms with van der Waals surface area (Å²) >= 11 is 0. The molecule has 1 aliphatic heterocycles. The Morgan fingerprint density at radius 1 is 1.15 bits per heavy atom. The normalized spacial score (nSPS) is 13.1. The molecule has 100 valence electrons. The van der Waals surface area contributed by atoms with Gasteiger partial charge in [0, 0.05) is 21.9 Å². The number of aldehydes is 1. The van der Waals surface area contributed by atoms with E-state index in [1.54, 1.807) is 19.2 Å². The first kappa shape index (κ1) is 12.3. The minimum Gasteiger partial charge on any atom is -0.496 e. The number of hydrogen-bond donors (Lipinski definition) is 0. The number of carbonyl (C=O) groups excluding carboxylic acids is 2. The Bertz CT molecular complexity index is 765. The lowest BCUT2D eigenvalue weighted by Gasteiger charge is -2.24. The monoisotopic (exact) mass is 268 g/mol. The SMILES string of the molecule is COc1ccc2c3c(ccc(C=O)c13)N(C=O)N=C2C. The Kier molecular flexibility index (Phi) is 2.75. The average Bonchev–Trinajstić information content (AvgIpc) is 2.50. The second-order valence-corrected chi connectivity index (χ2v) is 4.49. The lowest BCUT2D eigenvalue weighted by molar-refractivity contribution is -0.107. The van der Waals surface area contributed by atoms with Crippen molar-refractivity contribution in [2.24, 2.45) is 5.10 Å².